The molecule has 0 fully saturated rings. The van der Waals surface area contributed by atoms with Crippen molar-refractivity contribution in [2.45, 2.75) is 33.6 Å². The number of fused-ring (bicyclic) bond motifs is 1. The fourth-order valence-electron chi connectivity index (χ4n) is 2.37. The van der Waals surface area contributed by atoms with Gasteiger partial charge in [-0.25, -0.2) is 0 Å². The molecule has 17 heavy (non-hydrogen) atoms. The minimum atomic E-state index is 0.316. The Hall–Kier alpha value is -1.50. The Balaban J connectivity index is 2.53. The van der Waals surface area contributed by atoms with Gasteiger partial charge in [-0.05, 0) is 35.4 Å². The highest BCUT2D eigenvalue weighted by Crippen LogP contribution is 2.29. The number of hydrogen-bond acceptors (Lipinski definition) is 0. The molecule has 1 heterocycles. The summed E-state index contributed by atoms with van der Waals surface area (Å²) < 4.78 is 0. The number of aromatic amines is 1. The third-order valence-electron chi connectivity index (χ3n) is 2.96. The monoisotopic (exact) mass is 227 g/mol. The van der Waals surface area contributed by atoms with Gasteiger partial charge in [-0.2, -0.15) is 0 Å². The van der Waals surface area contributed by atoms with Crippen LogP contribution in [0.1, 0.15) is 31.9 Å². The SMILES string of the molecule is C=CCc1cccc2[nH]cc(CC(C)(C)C)c12. The fourth-order valence-corrected chi connectivity index (χ4v) is 2.37. The molecule has 2 rings (SSSR count). The number of aromatic nitrogens is 1. The van der Waals surface area contributed by atoms with E-state index in [1.54, 1.807) is 0 Å². The molecule has 0 bridgehead atoms. The van der Waals surface area contributed by atoms with Gasteiger partial charge < -0.3 is 4.98 Å². The van der Waals surface area contributed by atoms with Crippen molar-refractivity contribution in [3.8, 4) is 0 Å². The van der Waals surface area contributed by atoms with Crippen LogP contribution in [0.4, 0.5) is 0 Å². The highest BCUT2D eigenvalue weighted by Gasteiger charge is 2.15. The molecule has 0 aliphatic rings. The normalized spacial score (nSPS) is 11.9. The molecule has 90 valence electrons. The Bertz CT molecular complexity index is 526. The number of hydrogen-bond donors (Lipinski definition) is 1. The summed E-state index contributed by atoms with van der Waals surface area (Å²) in [6.45, 7) is 10.7. The average Bonchev–Trinajstić information content (AvgIpc) is 2.61. The van der Waals surface area contributed by atoms with Gasteiger partial charge in [0.1, 0.15) is 0 Å². The van der Waals surface area contributed by atoms with Crippen LogP contribution in [0.2, 0.25) is 0 Å². The van der Waals surface area contributed by atoms with Gasteiger partial charge in [0.05, 0.1) is 0 Å². The summed E-state index contributed by atoms with van der Waals surface area (Å²) in [5, 5.41) is 1.39. The summed E-state index contributed by atoms with van der Waals surface area (Å²) in [7, 11) is 0. The van der Waals surface area contributed by atoms with Gasteiger partial charge in [0.15, 0.2) is 0 Å². The summed E-state index contributed by atoms with van der Waals surface area (Å²) in [5.74, 6) is 0. The Morgan fingerprint density at radius 3 is 2.65 bits per heavy atom. The van der Waals surface area contributed by atoms with E-state index in [0.717, 1.165) is 12.8 Å². The van der Waals surface area contributed by atoms with Crippen LogP contribution in [-0.2, 0) is 12.8 Å². The van der Waals surface area contributed by atoms with E-state index < -0.39 is 0 Å². The molecule has 0 amide bonds. The molecule has 0 aliphatic heterocycles. The molecule has 1 nitrogen and oxygen atoms in total. The van der Waals surface area contributed by atoms with E-state index in [1.165, 1.54) is 22.0 Å². The van der Waals surface area contributed by atoms with Crippen molar-refractivity contribution in [1.29, 1.82) is 0 Å². The number of H-pyrrole nitrogens is 1. The van der Waals surface area contributed by atoms with E-state index in [1.807, 2.05) is 6.08 Å². The van der Waals surface area contributed by atoms with E-state index >= 15 is 0 Å². The van der Waals surface area contributed by atoms with Crippen molar-refractivity contribution in [3.63, 3.8) is 0 Å². The third kappa shape index (κ3) is 2.60. The van der Waals surface area contributed by atoms with Crippen LogP contribution in [0.5, 0.6) is 0 Å². The zero-order valence-corrected chi connectivity index (χ0v) is 11.0. The molecule has 2 aromatic rings. The van der Waals surface area contributed by atoms with Crippen LogP contribution >= 0.6 is 0 Å². The van der Waals surface area contributed by atoms with E-state index in [2.05, 4.69) is 56.7 Å². The van der Waals surface area contributed by atoms with Gasteiger partial charge in [0, 0.05) is 17.1 Å². The van der Waals surface area contributed by atoms with Gasteiger partial charge in [-0.1, -0.05) is 39.0 Å². The average molecular weight is 227 g/mol. The minimum absolute atomic E-state index is 0.316. The maximum absolute atomic E-state index is 3.84. The zero-order chi connectivity index (χ0) is 12.5. The van der Waals surface area contributed by atoms with Gasteiger partial charge in [-0.3, -0.25) is 0 Å². The van der Waals surface area contributed by atoms with Crippen LogP contribution in [0.15, 0.2) is 37.1 Å². The molecule has 1 aromatic heterocycles. The molecule has 1 N–H and O–H groups in total. The Kier molecular flexibility index (Phi) is 3.10. The molecular formula is C16H21N. The van der Waals surface area contributed by atoms with Crippen molar-refractivity contribution in [1.82, 2.24) is 4.98 Å². The van der Waals surface area contributed by atoms with Crippen molar-refractivity contribution >= 4 is 10.9 Å². The van der Waals surface area contributed by atoms with E-state index in [0.29, 0.717) is 5.41 Å². The lowest BCUT2D eigenvalue weighted by molar-refractivity contribution is 0.412. The quantitative estimate of drug-likeness (QED) is 0.744. The van der Waals surface area contributed by atoms with Crippen molar-refractivity contribution < 1.29 is 0 Å². The van der Waals surface area contributed by atoms with Crippen molar-refractivity contribution in [3.05, 3.63) is 48.2 Å². The van der Waals surface area contributed by atoms with Crippen LogP contribution in [0, 0.1) is 5.41 Å². The summed E-state index contributed by atoms with van der Waals surface area (Å²) in [6.07, 6.45) is 6.17. The first-order valence-corrected chi connectivity index (χ1v) is 6.20. The van der Waals surface area contributed by atoms with E-state index in [4.69, 9.17) is 0 Å². The van der Waals surface area contributed by atoms with Gasteiger partial charge in [0.2, 0.25) is 0 Å². The van der Waals surface area contributed by atoms with Crippen LogP contribution in [0.25, 0.3) is 10.9 Å². The molecule has 0 aliphatic carbocycles. The topological polar surface area (TPSA) is 15.8 Å². The molecule has 0 saturated carbocycles. The lowest BCUT2D eigenvalue weighted by Crippen LogP contribution is -2.08. The highest BCUT2D eigenvalue weighted by atomic mass is 14.7. The fraction of sp³-hybridized carbons (Fsp3) is 0.375. The molecule has 0 atom stereocenters. The highest BCUT2D eigenvalue weighted by molar-refractivity contribution is 5.86. The first kappa shape index (κ1) is 12.0. The van der Waals surface area contributed by atoms with Gasteiger partial charge in [-0.15, -0.1) is 6.58 Å². The molecule has 0 saturated heterocycles. The van der Waals surface area contributed by atoms with Gasteiger partial charge in [0.25, 0.3) is 0 Å². The molecular weight excluding hydrogens is 206 g/mol. The molecule has 0 radical (unpaired) electrons. The first-order chi connectivity index (χ1) is 8.01. The largest absolute Gasteiger partial charge is 0.361 e. The predicted molar refractivity (Wildman–Crippen MR) is 75.4 cm³/mol. The second-order valence-electron chi connectivity index (χ2n) is 5.88. The van der Waals surface area contributed by atoms with Gasteiger partial charge >= 0.3 is 0 Å². The lowest BCUT2D eigenvalue weighted by Gasteiger charge is -2.17. The van der Waals surface area contributed by atoms with Crippen molar-refractivity contribution in [2.75, 3.05) is 0 Å². The third-order valence-corrected chi connectivity index (χ3v) is 2.96. The number of benzene rings is 1. The molecule has 0 spiro atoms. The minimum Gasteiger partial charge on any atom is -0.361 e. The maximum atomic E-state index is 3.84. The summed E-state index contributed by atoms with van der Waals surface area (Å²) in [6, 6.07) is 6.45. The summed E-state index contributed by atoms with van der Waals surface area (Å²) in [4.78, 5) is 3.38. The molecule has 1 aromatic carbocycles. The molecule has 0 unspecified atom stereocenters. The Morgan fingerprint density at radius 2 is 2.00 bits per heavy atom. The smallest absolute Gasteiger partial charge is 0.0459 e. The maximum Gasteiger partial charge on any atom is 0.0459 e. The van der Waals surface area contributed by atoms with E-state index in [9.17, 15) is 0 Å². The predicted octanol–water partition coefficient (Wildman–Crippen LogP) is 4.49. The van der Waals surface area contributed by atoms with Crippen LogP contribution in [0.3, 0.4) is 0 Å². The Morgan fingerprint density at radius 1 is 1.24 bits per heavy atom. The first-order valence-electron chi connectivity index (χ1n) is 6.20. The lowest BCUT2D eigenvalue weighted by atomic mass is 9.87. The molecule has 1 heteroatoms. The Labute approximate surface area is 104 Å². The summed E-state index contributed by atoms with van der Waals surface area (Å²) >= 11 is 0. The second kappa shape index (κ2) is 4.40. The zero-order valence-electron chi connectivity index (χ0n) is 11.0. The van der Waals surface area contributed by atoms with Crippen molar-refractivity contribution in [2.24, 2.45) is 5.41 Å². The van der Waals surface area contributed by atoms with Crippen LogP contribution < -0.4 is 0 Å². The standard InChI is InChI=1S/C16H21N/c1-5-7-12-8-6-9-14-15(12)13(11-17-14)10-16(2,3)4/h5-6,8-9,11,17H,1,7,10H2,2-4H3. The van der Waals surface area contributed by atoms with Crippen LogP contribution in [-0.4, -0.2) is 4.98 Å². The number of nitrogens with one attached hydrogen (secondary N) is 1. The summed E-state index contributed by atoms with van der Waals surface area (Å²) in [5.41, 5.74) is 4.35. The van der Waals surface area contributed by atoms with E-state index in [-0.39, 0.29) is 0 Å². The number of rotatable bonds is 3. The second-order valence-corrected chi connectivity index (χ2v) is 5.88. The number of allylic oxidation sites excluding steroid dienone is 1.